The Hall–Kier alpha value is -3.08. The van der Waals surface area contributed by atoms with Gasteiger partial charge < -0.3 is 19.9 Å². The topological polar surface area (TPSA) is 146 Å². The fourth-order valence-corrected chi connectivity index (χ4v) is 2.48. The van der Waals surface area contributed by atoms with Crippen LogP contribution in [0.25, 0.3) is 0 Å². The molecule has 3 N–H and O–H groups in total. The third-order valence-electron chi connectivity index (χ3n) is 2.80. The van der Waals surface area contributed by atoms with Crippen LogP contribution in [0.2, 0.25) is 0 Å². The maximum absolute atomic E-state index is 12.2. The molecule has 24 heavy (non-hydrogen) atoms. The van der Waals surface area contributed by atoms with Crippen LogP contribution >= 0.6 is 0 Å². The van der Waals surface area contributed by atoms with Crippen molar-refractivity contribution in [1.29, 1.82) is 0 Å². The van der Waals surface area contributed by atoms with Crippen molar-refractivity contribution < 1.29 is 27.3 Å². The summed E-state index contributed by atoms with van der Waals surface area (Å²) in [7, 11) is -3.10. The molecule has 1 heterocycles. The van der Waals surface area contributed by atoms with Crippen molar-refractivity contribution in [2.75, 3.05) is 12.8 Å². The van der Waals surface area contributed by atoms with Crippen molar-refractivity contribution in [3.05, 3.63) is 41.4 Å². The van der Waals surface area contributed by atoms with E-state index in [0.29, 0.717) is 0 Å². The van der Waals surface area contributed by atoms with Gasteiger partial charge in [0.1, 0.15) is 4.90 Å². The molecule has 0 unspecified atom stereocenters. The number of rotatable bonds is 3. The van der Waals surface area contributed by atoms with Gasteiger partial charge in [0.2, 0.25) is 11.8 Å². The third kappa shape index (κ3) is 3.81. The normalized spacial score (nSPS) is 12.0. The molecule has 11 heteroatoms. The highest BCUT2D eigenvalue weighted by atomic mass is 32.2. The van der Waals surface area contributed by atoms with Gasteiger partial charge in [-0.05, 0) is 19.1 Å². The molecule has 0 aliphatic carbocycles. The predicted molar refractivity (Wildman–Crippen MR) is 80.8 cm³/mol. The van der Waals surface area contributed by atoms with E-state index in [4.69, 9.17) is 9.92 Å². The number of hydrogen-bond acceptors (Lipinski definition) is 8. The quantitative estimate of drug-likeness (QED) is 0.596. The summed E-state index contributed by atoms with van der Waals surface area (Å²) in [6.07, 6.45) is -1.03. The summed E-state index contributed by atoms with van der Waals surface area (Å²) in [5, 5.41) is 9.63. The van der Waals surface area contributed by atoms with Crippen molar-refractivity contribution in [3.63, 3.8) is 0 Å². The number of aromatic nitrogens is 2. The van der Waals surface area contributed by atoms with Crippen LogP contribution in [0.5, 0.6) is 5.88 Å². The first kappa shape index (κ1) is 17.3. The second kappa shape index (κ2) is 6.58. The Morgan fingerprint density at radius 2 is 1.96 bits per heavy atom. The number of carbonyl (C=O) groups excluding carboxylic acids is 1. The zero-order valence-corrected chi connectivity index (χ0v) is 13.5. The van der Waals surface area contributed by atoms with Gasteiger partial charge in [0.15, 0.2) is 5.49 Å². The number of nitrogens with zero attached hydrogens (tertiary/aromatic N) is 3. The van der Waals surface area contributed by atoms with E-state index in [9.17, 15) is 18.4 Å². The van der Waals surface area contributed by atoms with Gasteiger partial charge in [-0.15, -0.1) is 4.73 Å². The number of nitrogens with two attached hydrogens (primary N) is 1. The number of anilines is 1. The molecule has 10 nitrogen and oxygen atoms in total. The molecule has 0 saturated heterocycles. The Labute approximate surface area is 136 Å². The summed E-state index contributed by atoms with van der Waals surface area (Å²) in [5.74, 6) is -1.00. The highest BCUT2D eigenvalue weighted by Gasteiger charge is 2.18. The number of nitrogen functional groups attached to an aromatic ring is 1. The number of carbonyl (C=O) groups is 1. The summed E-state index contributed by atoms with van der Waals surface area (Å²) in [5.41, 5.74) is 5.89. The maximum atomic E-state index is 12.2. The number of hydrogen-bond donors (Lipinski definition) is 2. The molecule has 1 aromatic heterocycles. The molecule has 0 saturated carbocycles. The zero-order valence-electron chi connectivity index (χ0n) is 12.7. The average Bonchev–Trinajstić information content (AvgIpc) is 2.52. The predicted octanol–water partition coefficient (Wildman–Crippen LogP) is 0.446. The van der Waals surface area contributed by atoms with Crippen LogP contribution in [0.15, 0.2) is 40.2 Å². The third-order valence-corrected chi connectivity index (χ3v) is 4.04. The van der Waals surface area contributed by atoms with Crippen molar-refractivity contribution in [2.45, 2.75) is 11.8 Å². The van der Waals surface area contributed by atoms with E-state index >= 15 is 0 Å². The van der Waals surface area contributed by atoms with E-state index < -0.39 is 33.5 Å². The lowest BCUT2D eigenvalue weighted by Crippen LogP contribution is -2.25. The summed E-state index contributed by atoms with van der Waals surface area (Å²) in [6.45, 7) is 1.80. The van der Waals surface area contributed by atoms with Crippen LogP contribution in [-0.4, -0.2) is 36.5 Å². The molecule has 1 aromatic carbocycles. The summed E-state index contributed by atoms with van der Waals surface area (Å²) >= 11 is 0. The summed E-state index contributed by atoms with van der Waals surface area (Å²) in [4.78, 5) is 18.0. The molecule has 2 aromatic rings. The SMILES string of the molecule is COC(=O)N=c1cc(OS(=O)(=O)c2ccc(C)cc2)nc(N)n1O. The fourth-order valence-electron chi connectivity index (χ4n) is 1.61. The Balaban J connectivity index is 2.45. The Bertz CT molecular complexity index is 934. The van der Waals surface area contributed by atoms with E-state index in [1.54, 1.807) is 19.1 Å². The van der Waals surface area contributed by atoms with Crippen molar-refractivity contribution in [3.8, 4) is 5.88 Å². The highest BCUT2D eigenvalue weighted by molar-refractivity contribution is 7.87. The molecule has 0 atom stereocenters. The first-order valence-corrected chi connectivity index (χ1v) is 7.86. The number of methoxy groups -OCH3 is 1. The van der Waals surface area contributed by atoms with Crippen LogP contribution in [0.4, 0.5) is 10.7 Å². The monoisotopic (exact) mass is 354 g/mol. The van der Waals surface area contributed by atoms with E-state index in [2.05, 4.69) is 14.7 Å². The first-order chi connectivity index (χ1) is 11.2. The molecular formula is C13H14N4O6S. The summed E-state index contributed by atoms with van der Waals surface area (Å²) in [6, 6.07) is 6.84. The molecule has 0 spiro atoms. The molecule has 2 rings (SSSR count). The molecule has 0 bridgehead atoms. The van der Waals surface area contributed by atoms with Crippen LogP contribution < -0.4 is 15.4 Å². The molecule has 0 aliphatic rings. The van der Waals surface area contributed by atoms with Crippen LogP contribution in [0, 0.1) is 6.92 Å². The zero-order chi connectivity index (χ0) is 17.9. The van der Waals surface area contributed by atoms with Gasteiger partial charge in [0.05, 0.1) is 7.11 Å². The number of amides is 1. The van der Waals surface area contributed by atoms with Gasteiger partial charge in [-0.3, -0.25) is 0 Å². The summed E-state index contributed by atoms with van der Waals surface area (Å²) < 4.78 is 33.9. The smallest absolute Gasteiger partial charge is 0.435 e. The number of aryl methyl sites for hydroxylation is 1. The van der Waals surface area contributed by atoms with Gasteiger partial charge in [-0.1, -0.05) is 17.7 Å². The van der Waals surface area contributed by atoms with Crippen molar-refractivity contribution in [2.24, 2.45) is 4.99 Å². The molecule has 1 amide bonds. The lowest BCUT2D eigenvalue weighted by Gasteiger charge is -2.08. The number of ether oxygens (including phenoxy) is 1. The minimum Gasteiger partial charge on any atom is -0.451 e. The van der Waals surface area contributed by atoms with Gasteiger partial charge in [0, 0.05) is 6.07 Å². The molecule has 0 radical (unpaired) electrons. The van der Waals surface area contributed by atoms with Crippen LogP contribution in [0.3, 0.4) is 0 Å². The van der Waals surface area contributed by atoms with Crippen LogP contribution in [0.1, 0.15) is 5.56 Å². The standard InChI is InChI=1S/C13H14N4O6S/c1-8-3-5-9(6-4-8)24(20,21)23-11-7-10(15-13(18)22-2)17(19)12(14)16-11/h3-7,19H,1-2H3,(H2,14,16). The molecule has 128 valence electrons. The van der Waals surface area contributed by atoms with Gasteiger partial charge >= 0.3 is 16.2 Å². The Morgan fingerprint density at radius 3 is 2.54 bits per heavy atom. The minimum atomic E-state index is -4.18. The van der Waals surface area contributed by atoms with E-state index in [1.165, 1.54) is 12.1 Å². The second-order valence-corrected chi connectivity index (χ2v) is 6.10. The molecular weight excluding hydrogens is 340 g/mol. The largest absolute Gasteiger partial charge is 0.451 e. The van der Waals surface area contributed by atoms with Crippen molar-refractivity contribution in [1.82, 2.24) is 9.71 Å². The lowest BCUT2D eigenvalue weighted by molar-refractivity contribution is 0.164. The average molecular weight is 354 g/mol. The lowest BCUT2D eigenvalue weighted by atomic mass is 10.2. The van der Waals surface area contributed by atoms with Gasteiger partial charge in [-0.25, -0.2) is 4.79 Å². The fraction of sp³-hybridized carbons (Fsp3) is 0.154. The Kier molecular flexibility index (Phi) is 4.74. The molecule has 0 aliphatic heterocycles. The van der Waals surface area contributed by atoms with E-state index in [0.717, 1.165) is 18.7 Å². The Morgan fingerprint density at radius 1 is 1.33 bits per heavy atom. The minimum absolute atomic E-state index is 0.0966. The van der Waals surface area contributed by atoms with Crippen molar-refractivity contribution >= 4 is 22.2 Å². The van der Waals surface area contributed by atoms with Crippen LogP contribution in [-0.2, 0) is 14.9 Å². The first-order valence-electron chi connectivity index (χ1n) is 6.45. The van der Waals surface area contributed by atoms with E-state index in [1.807, 2.05) is 0 Å². The van der Waals surface area contributed by atoms with Gasteiger partial charge in [-0.2, -0.15) is 18.4 Å². The second-order valence-electron chi connectivity index (χ2n) is 4.55. The maximum Gasteiger partial charge on any atom is 0.435 e. The molecule has 0 fully saturated rings. The highest BCUT2D eigenvalue weighted by Crippen LogP contribution is 2.16. The van der Waals surface area contributed by atoms with E-state index in [-0.39, 0.29) is 9.63 Å². The van der Waals surface area contributed by atoms with Gasteiger partial charge in [0.25, 0.3) is 0 Å². The number of benzene rings is 1.